The molecular formula is C19H37NP2S. The normalized spacial score (nSPS) is 13.0. The minimum Gasteiger partial charge on any atom is -0.290 e. The van der Waals surface area contributed by atoms with Gasteiger partial charge in [0.2, 0.25) is 0 Å². The predicted octanol–water partition coefficient (Wildman–Crippen LogP) is 7.06. The Morgan fingerprint density at radius 1 is 0.826 bits per heavy atom. The molecule has 1 heterocycles. The molecule has 0 aliphatic carbocycles. The number of rotatable bonds is 10. The average molecular weight is 374 g/mol. The molecule has 0 aliphatic heterocycles. The third-order valence-corrected chi connectivity index (χ3v) is 12.0. The van der Waals surface area contributed by atoms with Crippen LogP contribution in [0.3, 0.4) is 0 Å². The van der Waals surface area contributed by atoms with Crippen LogP contribution < -0.4 is 0 Å². The second-order valence-electron chi connectivity index (χ2n) is 7.59. The van der Waals surface area contributed by atoms with Crippen molar-refractivity contribution in [1.82, 2.24) is 4.90 Å². The summed E-state index contributed by atoms with van der Waals surface area (Å²) in [5, 5.41) is 2.22. The molecule has 0 unspecified atom stereocenters. The second kappa shape index (κ2) is 10.5. The van der Waals surface area contributed by atoms with Crippen molar-refractivity contribution in [3.8, 4) is 0 Å². The van der Waals surface area contributed by atoms with Crippen LogP contribution in [-0.4, -0.2) is 40.1 Å². The van der Waals surface area contributed by atoms with Crippen LogP contribution in [0, 0.1) is 0 Å². The lowest BCUT2D eigenvalue weighted by atomic mass is 10.4. The van der Waals surface area contributed by atoms with Crippen molar-refractivity contribution in [2.24, 2.45) is 0 Å². The summed E-state index contributed by atoms with van der Waals surface area (Å²) in [6.45, 7) is 20.5. The third kappa shape index (κ3) is 7.52. The molecule has 0 aliphatic rings. The molecule has 0 amide bonds. The summed E-state index contributed by atoms with van der Waals surface area (Å²) in [6.07, 6.45) is 2.61. The largest absolute Gasteiger partial charge is 0.290 e. The fourth-order valence-corrected chi connectivity index (χ4v) is 8.99. The van der Waals surface area contributed by atoms with Gasteiger partial charge >= 0.3 is 0 Å². The van der Waals surface area contributed by atoms with E-state index in [1.165, 1.54) is 17.4 Å². The van der Waals surface area contributed by atoms with E-state index in [2.05, 4.69) is 77.8 Å². The molecule has 0 spiro atoms. The Kier molecular flexibility index (Phi) is 9.84. The lowest BCUT2D eigenvalue weighted by molar-refractivity contribution is 0.364. The van der Waals surface area contributed by atoms with Crippen LogP contribution in [0.15, 0.2) is 17.5 Å². The van der Waals surface area contributed by atoms with Gasteiger partial charge in [0.05, 0.1) is 0 Å². The maximum Gasteiger partial charge on any atom is 0.0335 e. The minimum absolute atomic E-state index is 0.0720. The van der Waals surface area contributed by atoms with E-state index in [4.69, 9.17) is 0 Å². The van der Waals surface area contributed by atoms with Crippen LogP contribution >= 0.6 is 27.2 Å². The molecule has 134 valence electrons. The fraction of sp³-hybridized carbons (Fsp3) is 0.789. The van der Waals surface area contributed by atoms with E-state index in [-0.39, 0.29) is 15.8 Å². The van der Waals surface area contributed by atoms with E-state index in [0.717, 1.165) is 29.2 Å². The molecule has 1 rings (SSSR count). The van der Waals surface area contributed by atoms with Gasteiger partial charge in [-0.05, 0) is 34.1 Å². The Labute approximate surface area is 151 Å². The smallest absolute Gasteiger partial charge is 0.0335 e. The first-order valence-electron chi connectivity index (χ1n) is 8.98. The molecule has 0 fully saturated rings. The van der Waals surface area contributed by atoms with Crippen molar-refractivity contribution in [3.63, 3.8) is 0 Å². The summed E-state index contributed by atoms with van der Waals surface area (Å²) in [6, 6.07) is 4.50. The van der Waals surface area contributed by atoms with Crippen LogP contribution in [0.2, 0.25) is 0 Å². The topological polar surface area (TPSA) is 3.24 Å². The van der Waals surface area contributed by atoms with E-state index < -0.39 is 0 Å². The highest BCUT2D eigenvalue weighted by molar-refractivity contribution is 7.60. The SMILES string of the molecule is CC(C)P(CN(Cc1cccs1)CP(C(C)C)C(C)C)C(C)C. The van der Waals surface area contributed by atoms with E-state index in [0.29, 0.717) is 0 Å². The molecule has 1 aromatic heterocycles. The lowest BCUT2D eigenvalue weighted by Crippen LogP contribution is -2.29. The van der Waals surface area contributed by atoms with Crippen molar-refractivity contribution < 1.29 is 0 Å². The van der Waals surface area contributed by atoms with Crippen LogP contribution in [0.5, 0.6) is 0 Å². The summed E-state index contributed by atoms with van der Waals surface area (Å²) in [4.78, 5) is 4.32. The molecule has 0 N–H and O–H groups in total. The number of nitrogens with zero attached hydrogens (tertiary/aromatic N) is 1. The Bertz CT molecular complexity index is 377. The first-order chi connectivity index (χ1) is 10.7. The zero-order chi connectivity index (χ0) is 17.6. The van der Waals surface area contributed by atoms with Crippen LogP contribution in [-0.2, 0) is 6.54 Å². The Morgan fingerprint density at radius 2 is 1.26 bits per heavy atom. The maximum atomic E-state index is 2.79. The summed E-state index contributed by atoms with van der Waals surface area (Å²) < 4.78 is 0. The van der Waals surface area contributed by atoms with Crippen molar-refractivity contribution in [2.45, 2.75) is 84.6 Å². The van der Waals surface area contributed by atoms with Crippen molar-refractivity contribution in [1.29, 1.82) is 0 Å². The van der Waals surface area contributed by atoms with E-state index in [1.807, 2.05) is 11.3 Å². The molecule has 1 aromatic rings. The summed E-state index contributed by atoms with van der Waals surface area (Å²) in [5.74, 6) is 0. The molecule has 0 saturated carbocycles. The van der Waals surface area contributed by atoms with Gasteiger partial charge in [0, 0.05) is 24.0 Å². The predicted molar refractivity (Wildman–Crippen MR) is 114 cm³/mol. The number of hydrogen-bond donors (Lipinski definition) is 0. The average Bonchev–Trinajstić information content (AvgIpc) is 2.92. The van der Waals surface area contributed by atoms with E-state index >= 15 is 0 Å². The third-order valence-electron chi connectivity index (χ3n) is 4.34. The summed E-state index contributed by atoms with van der Waals surface area (Å²) in [7, 11) is 0.144. The highest BCUT2D eigenvalue weighted by Crippen LogP contribution is 2.51. The Balaban J connectivity index is 2.87. The minimum atomic E-state index is 0.0720. The molecule has 0 atom stereocenters. The van der Waals surface area contributed by atoms with Crippen LogP contribution in [0.4, 0.5) is 0 Å². The highest BCUT2D eigenvalue weighted by Gasteiger charge is 2.25. The molecule has 0 aromatic carbocycles. The van der Waals surface area contributed by atoms with Crippen LogP contribution in [0.25, 0.3) is 0 Å². The maximum absolute atomic E-state index is 2.79. The monoisotopic (exact) mass is 373 g/mol. The van der Waals surface area contributed by atoms with Gasteiger partial charge in [-0.15, -0.1) is 11.3 Å². The van der Waals surface area contributed by atoms with Crippen molar-refractivity contribution >= 4 is 27.2 Å². The molecule has 4 heteroatoms. The summed E-state index contributed by atoms with van der Waals surface area (Å²) in [5.41, 5.74) is 3.28. The molecule has 0 bridgehead atoms. The van der Waals surface area contributed by atoms with Gasteiger partial charge in [-0.1, -0.05) is 77.3 Å². The van der Waals surface area contributed by atoms with Gasteiger partial charge < -0.3 is 0 Å². The Hall–Kier alpha value is 0.520. The standard InChI is InChI=1S/C19H37NP2S/c1-15(2)21(16(3)4)13-20(12-19-10-9-11-23-19)14-22(17(5)6)18(7)8/h9-11,15-18H,12-14H2,1-8H3. The molecular weight excluding hydrogens is 336 g/mol. The molecule has 23 heavy (non-hydrogen) atoms. The quantitative estimate of drug-likeness (QED) is 0.397. The number of hydrogen-bond acceptors (Lipinski definition) is 2. The first kappa shape index (κ1) is 21.6. The second-order valence-corrected chi connectivity index (χ2v) is 15.4. The molecule has 1 nitrogen and oxygen atoms in total. The van der Waals surface area contributed by atoms with E-state index in [1.54, 1.807) is 0 Å². The van der Waals surface area contributed by atoms with Gasteiger partial charge in [-0.25, -0.2) is 0 Å². The molecule has 0 saturated heterocycles. The fourth-order valence-electron chi connectivity index (χ4n) is 3.08. The van der Waals surface area contributed by atoms with Gasteiger partial charge in [0.1, 0.15) is 0 Å². The van der Waals surface area contributed by atoms with Crippen molar-refractivity contribution in [2.75, 3.05) is 12.6 Å². The zero-order valence-corrected chi connectivity index (χ0v) is 19.0. The summed E-state index contributed by atoms with van der Waals surface area (Å²) >= 11 is 1.91. The number of thiophene rings is 1. The Morgan fingerprint density at radius 3 is 1.57 bits per heavy atom. The van der Waals surface area contributed by atoms with Gasteiger partial charge in [-0.3, -0.25) is 4.90 Å². The van der Waals surface area contributed by atoms with E-state index in [9.17, 15) is 0 Å². The van der Waals surface area contributed by atoms with Gasteiger partial charge in [0.25, 0.3) is 0 Å². The van der Waals surface area contributed by atoms with Crippen molar-refractivity contribution in [3.05, 3.63) is 22.4 Å². The van der Waals surface area contributed by atoms with Crippen LogP contribution in [0.1, 0.15) is 60.3 Å². The zero-order valence-electron chi connectivity index (χ0n) is 16.4. The first-order valence-corrected chi connectivity index (χ1v) is 13.2. The van der Waals surface area contributed by atoms with Gasteiger partial charge in [0.15, 0.2) is 0 Å². The van der Waals surface area contributed by atoms with Gasteiger partial charge in [-0.2, -0.15) is 0 Å². The molecule has 0 radical (unpaired) electrons. The highest BCUT2D eigenvalue weighted by atomic mass is 32.1. The lowest BCUT2D eigenvalue weighted by Gasteiger charge is -2.37.